The molecule has 0 aliphatic carbocycles. The molecule has 4 aromatic rings. The first-order chi connectivity index (χ1) is 20.1. The molecule has 1 atom stereocenters. The second-order valence-electron chi connectivity index (χ2n) is 11.2. The first-order valence-electron chi connectivity index (χ1n) is 13.7. The second-order valence-corrected chi connectivity index (χ2v) is 12.3. The monoisotopic (exact) mass is 588 g/mol. The number of para-hydroxylation sites is 1. The number of amides is 2. The molecule has 0 radical (unpaired) electrons. The molecule has 42 heavy (non-hydrogen) atoms. The fraction of sp³-hybridized carbons (Fsp3) is 0.344. The fourth-order valence-corrected chi connectivity index (χ4v) is 6.34. The first kappa shape index (κ1) is 29.3. The Labute approximate surface area is 250 Å². The molecule has 5 rings (SSSR count). The summed E-state index contributed by atoms with van der Waals surface area (Å²) in [4.78, 5) is 28.8. The van der Waals surface area contributed by atoms with Crippen LogP contribution in [0.1, 0.15) is 54.2 Å². The Bertz CT molecular complexity index is 1590. The third-order valence-electron chi connectivity index (χ3n) is 7.20. The van der Waals surface area contributed by atoms with E-state index in [0.717, 1.165) is 28.1 Å². The molecule has 2 amide bonds. The molecule has 3 heterocycles. The fourth-order valence-electron chi connectivity index (χ4n) is 5.13. The van der Waals surface area contributed by atoms with Crippen LogP contribution < -0.4 is 19.7 Å². The van der Waals surface area contributed by atoms with Crippen LogP contribution in [0.5, 0.6) is 11.5 Å². The molecule has 0 fully saturated rings. The SMILES string of the molecule is COc1ccc(OC)c([C@H]2SCC(=O)N(CC(=O)NCc3ccco3)c3c2c(C(C)(C)C)nn3-c2ccccc2C)c1. The normalized spacial score (nSPS) is 15.2. The number of anilines is 1. The van der Waals surface area contributed by atoms with Crippen molar-refractivity contribution in [1.29, 1.82) is 0 Å². The van der Waals surface area contributed by atoms with Crippen molar-refractivity contribution in [2.24, 2.45) is 0 Å². The van der Waals surface area contributed by atoms with Gasteiger partial charge in [0, 0.05) is 16.5 Å². The number of carbonyl (C=O) groups is 2. The minimum absolute atomic E-state index is 0.155. The number of rotatable bonds is 8. The van der Waals surface area contributed by atoms with Crippen molar-refractivity contribution in [2.75, 3.05) is 31.4 Å². The van der Waals surface area contributed by atoms with Crippen molar-refractivity contribution in [3.8, 4) is 17.2 Å². The number of fused-ring (bicyclic) bond motifs is 1. The minimum atomic E-state index is -0.385. The zero-order chi connectivity index (χ0) is 30.0. The van der Waals surface area contributed by atoms with Crippen LogP contribution in [0.25, 0.3) is 5.69 Å². The summed E-state index contributed by atoms with van der Waals surface area (Å²) < 4.78 is 18.6. The Morgan fingerprint density at radius 3 is 2.57 bits per heavy atom. The van der Waals surface area contributed by atoms with Gasteiger partial charge in [0.25, 0.3) is 0 Å². The van der Waals surface area contributed by atoms with Crippen molar-refractivity contribution >= 4 is 29.4 Å². The number of ether oxygens (including phenoxy) is 2. The van der Waals surface area contributed by atoms with Crippen molar-refractivity contribution in [1.82, 2.24) is 15.1 Å². The summed E-state index contributed by atoms with van der Waals surface area (Å²) >= 11 is 1.50. The number of hydrogen-bond donors (Lipinski definition) is 1. The van der Waals surface area contributed by atoms with Gasteiger partial charge in [-0.05, 0) is 48.9 Å². The topological polar surface area (TPSA) is 98.8 Å². The van der Waals surface area contributed by atoms with Gasteiger partial charge in [0.15, 0.2) is 0 Å². The Hall–Kier alpha value is -4.18. The van der Waals surface area contributed by atoms with Gasteiger partial charge < -0.3 is 19.2 Å². The van der Waals surface area contributed by atoms with Crippen molar-refractivity contribution < 1.29 is 23.5 Å². The largest absolute Gasteiger partial charge is 0.497 e. The predicted molar refractivity (Wildman–Crippen MR) is 164 cm³/mol. The lowest BCUT2D eigenvalue weighted by Gasteiger charge is -2.25. The number of benzene rings is 2. The highest BCUT2D eigenvalue weighted by Gasteiger charge is 2.41. The summed E-state index contributed by atoms with van der Waals surface area (Å²) in [5.74, 6) is 2.24. The van der Waals surface area contributed by atoms with Crippen molar-refractivity contribution in [2.45, 2.75) is 44.9 Å². The van der Waals surface area contributed by atoms with E-state index in [1.807, 2.05) is 54.1 Å². The van der Waals surface area contributed by atoms with E-state index in [1.165, 1.54) is 11.8 Å². The molecule has 220 valence electrons. The smallest absolute Gasteiger partial charge is 0.240 e. The standard InChI is InChI=1S/C32H36N4O5S/c1-20-10-7-8-12-24(20)36-31-28(30(34-36)32(2,3)4)29(23-16-21(39-5)13-14-25(23)40-6)42-19-27(38)35(31)18-26(37)33-17-22-11-9-15-41-22/h7-16,29H,17-19H2,1-6H3,(H,33,37)/t29-/m1/s1. The molecule has 0 spiro atoms. The number of methoxy groups -OCH3 is 2. The average Bonchev–Trinajstić information content (AvgIpc) is 3.61. The quantitative estimate of drug-likeness (QED) is 0.287. The number of carbonyl (C=O) groups excluding carboxylic acids is 2. The van der Waals surface area contributed by atoms with Gasteiger partial charge in [0.05, 0.1) is 49.4 Å². The Morgan fingerprint density at radius 2 is 1.90 bits per heavy atom. The van der Waals surface area contributed by atoms with Gasteiger partial charge in [0.1, 0.15) is 29.6 Å². The molecule has 0 saturated heterocycles. The van der Waals surface area contributed by atoms with E-state index >= 15 is 0 Å². The molecule has 0 saturated carbocycles. The lowest BCUT2D eigenvalue weighted by Crippen LogP contribution is -2.42. The van der Waals surface area contributed by atoms with Crippen LogP contribution >= 0.6 is 11.8 Å². The number of hydrogen-bond acceptors (Lipinski definition) is 7. The van der Waals surface area contributed by atoms with E-state index in [2.05, 4.69) is 26.1 Å². The predicted octanol–water partition coefficient (Wildman–Crippen LogP) is 5.57. The van der Waals surface area contributed by atoms with Gasteiger partial charge >= 0.3 is 0 Å². The van der Waals surface area contributed by atoms with Gasteiger partial charge in [-0.25, -0.2) is 4.68 Å². The second kappa shape index (κ2) is 12.0. The van der Waals surface area contributed by atoms with Crippen molar-refractivity contribution in [3.63, 3.8) is 0 Å². The molecule has 10 heteroatoms. The first-order valence-corrected chi connectivity index (χ1v) is 14.8. The molecule has 0 bridgehead atoms. The minimum Gasteiger partial charge on any atom is -0.497 e. The summed E-state index contributed by atoms with van der Waals surface area (Å²) in [6.45, 7) is 8.39. The number of aryl methyl sites for hydroxylation is 1. The zero-order valence-electron chi connectivity index (χ0n) is 24.8. The number of nitrogens with zero attached hydrogens (tertiary/aromatic N) is 3. The number of furan rings is 1. The van der Waals surface area contributed by atoms with E-state index in [0.29, 0.717) is 23.1 Å². The summed E-state index contributed by atoms with van der Waals surface area (Å²) in [5.41, 5.74) is 4.01. The number of thioether (sulfide) groups is 1. The van der Waals surface area contributed by atoms with Gasteiger partial charge in [0.2, 0.25) is 11.8 Å². The third-order valence-corrected chi connectivity index (χ3v) is 8.44. The maximum Gasteiger partial charge on any atom is 0.240 e. The summed E-state index contributed by atoms with van der Waals surface area (Å²) in [7, 11) is 3.26. The van der Waals surface area contributed by atoms with Crippen LogP contribution in [0.3, 0.4) is 0 Å². The van der Waals surface area contributed by atoms with Crippen LogP contribution in [0.15, 0.2) is 65.3 Å². The summed E-state index contributed by atoms with van der Waals surface area (Å²) in [6, 6.07) is 17.2. The van der Waals surface area contributed by atoms with Crippen LogP contribution in [0, 0.1) is 6.92 Å². The Balaban J connectivity index is 1.73. The average molecular weight is 589 g/mol. The highest BCUT2D eigenvalue weighted by molar-refractivity contribution is 8.00. The van der Waals surface area contributed by atoms with Crippen molar-refractivity contribution in [3.05, 3.63) is 89.0 Å². The molecule has 1 aliphatic rings. The highest BCUT2D eigenvalue weighted by atomic mass is 32.2. The Kier molecular flexibility index (Phi) is 8.36. The number of nitrogens with one attached hydrogen (secondary N) is 1. The molecule has 0 unspecified atom stereocenters. The number of aromatic nitrogens is 2. The maximum atomic E-state index is 13.9. The van der Waals surface area contributed by atoms with Gasteiger partial charge in [-0.1, -0.05) is 39.0 Å². The van der Waals surface area contributed by atoms with E-state index in [9.17, 15) is 9.59 Å². The molecule has 1 aliphatic heterocycles. The molecule has 2 aromatic heterocycles. The van der Waals surface area contributed by atoms with E-state index < -0.39 is 0 Å². The van der Waals surface area contributed by atoms with Crippen LogP contribution in [0.4, 0.5) is 5.82 Å². The molecular formula is C32H36N4O5S. The highest BCUT2D eigenvalue weighted by Crippen LogP contribution is 2.51. The van der Waals surface area contributed by atoms with E-state index in [1.54, 1.807) is 37.5 Å². The lowest BCUT2D eigenvalue weighted by atomic mass is 9.87. The van der Waals surface area contributed by atoms with Gasteiger partial charge in [-0.15, -0.1) is 11.8 Å². The summed E-state index contributed by atoms with van der Waals surface area (Å²) in [6.07, 6.45) is 1.56. The molecule has 9 nitrogen and oxygen atoms in total. The van der Waals surface area contributed by atoms with Gasteiger partial charge in [-0.2, -0.15) is 5.10 Å². The third kappa shape index (κ3) is 5.76. The van der Waals surface area contributed by atoms with Crippen LogP contribution in [0.2, 0.25) is 0 Å². The van der Waals surface area contributed by atoms with Gasteiger partial charge in [-0.3, -0.25) is 14.5 Å². The van der Waals surface area contributed by atoms with E-state index in [-0.39, 0.29) is 41.3 Å². The summed E-state index contributed by atoms with van der Waals surface area (Å²) in [5, 5.41) is 7.75. The van der Waals surface area contributed by atoms with Crippen LogP contribution in [-0.2, 0) is 21.5 Å². The molecule has 1 N–H and O–H groups in total. The maximum absolute atomic E-state index is 13.9. The lowest BCUT2D eigenvalue weighted by molar-refractivity contribution is -0.123. The molecular weight excluding hydrogens is 552 g/mol. The van der Waals surface area contributed by atoms with Crippen LogP contribution in [-0.4, -0.2) is 48.1 Å². The Morgan fingerprint density at radius 1 is 1.12 bits per heavy atom. The zero-order valence-corrected chi connectivity index (χ0v) is 25.6. The van der Waals surface area contributed by atoms with E-state index in [4.69, 9.17) is 19.0 Å². The molecule has 2 aromatic carbocycles.